The van der Waals surface area contributed by atoms with E-state index >= 15 is 0 Å². The van der Waals surface area contributed by atoms with Crippen molar-refractivity contribution in [3.63, 3.8) is 0 Å². The maximum atomic E-state index is 12.3. The second-order valence-electron chi connectivity index (χ2n) is 4.05. The molecule has 0 unspecified atom stereocenters. The molecule has 1 heteroatoms. The maximum absolute atomic E-state index is 12.3. The average molecular weight is 200 g/mol. The van der Waals surface area contributed by atoms with Crippen molar-refractivity contribution in [2.75, 3.05) is 0 Å². The molecule has 0 aromatic carbocycles. The zero-order valence-corrected chi connectivity index (χ0v) is 9.82. The quantitative estimate of drug-likeness (QED) is 0.438. The van der Waals surface area contributed by atoms with E-state index in [1.807, 2.05) is 0 Å². The zero-order chi connectivity index (χ0) is 10.6. The monoisotopic (exact) mass is 200 g/mol. The van der Waals surface area contributed by atoms with E-state index in [1.165, 1.54) is 51.9 Å². The van der Waals surface area contributed by atoms with Crippen LogP contribution in [0.25, 0.3) is 0 Å². The predicted molar refractivity (Wildman–Crippen MR) is 62.1 cm³/mol. The minimum Gasteiger partial charge on any atom is -0.212 e. The molecular formula is C13H25F. The lowest BCUT2D eigenvalue weighted by atomic mass is 10.1. The Morgan fingerprint density at radius 1 is 0.929 bits per heavy atom. The summed E-state index contributed by atoms with van der Waals surface area (Å²) in [5.74, 6) is -0.0343. The van der Waals surface area contributed by atoms with Gasteiger partial charge in [0.25, 0.3) is 0 Å². The summed E-state index contributed by atoms with van der Waals surface area (Å²) in [6, 6.07) is 0. The number of allylic oxidation sites excluding steroid dienone is 2. The van der Waals surface area contributed by atoms with Crippen molar-refractivity contribution in [1.29, 1.82) is 0 Å². The molecule has 0 saturated carbocycles. The summed E-state index contributed by atoms with van der Waals surface area (Å²) in [5, 5.41) is 0. The van der Waals surface area contributed by atoms with Crippen LogP contribution in [-0.2, 0) is 0 Å². The molecule has 0 fully saturated rings. The highest BCUT2D eigenvalue weighted by atomic mass is 19.1. The van der Waals surface area contributed by atoms with Crippen molar-refractivity contribution in [2.24, 2.45) is 0 Å². The molecule has 0 amide bonds. The largest absolute Gasteiger partial charge is 0.212 e. The smallest absolute Gasteiger partial charge is 0.0928 e. The molecule has 0 aromatic heterocycles. The SMILES string of the molecule is CCCCCCCCCC/C=C(/C)F. The fourth-order valence-electron chi connectivity index (χ4n) is 1.58. The number of unbranched alkanes of at least 4 members (excludes halogenated alkanes) is 8. The topological polar surface area (TPSA) is 0 Å². The van der Waals surface area contributed by atoms with E-state index in [1.54, 1.807) is 6.08 Å². The molecule has 0 rings (SSSR count). The summed E-state index contributed by atoms with van der Waals surface area (Å²) >= 11 is 0. The minimum atomic E-state index is -0.0343. The first-order chi connectivity index (χ1) is 6.77. The van der Waals surface area contributed by atoms with Crippen LogP contribution >= 0.6 is 0 Å². The van der Waals surface area contributed by atoms with Gasteiger partial charge in [-0.15, -0.1) is 0 Å². The second-order valence-corrected chi connectivity index (χ2v) is 4.05. The van der Waals surface area contributed by atoms with Crippen molar-refractivity contribution in [3.8, 4) is 0 Å². The summed E-state index contributed by atoms with van der Waals surface area (Å²) in [6.07, 6.45) is 13.2. The molecule has 0 atom stereocenters. The lowest BCUT2D eigenvalue weighted by molar-refractivity contribution is 0.573. The van der Waals surface area contributed by atoms with Crippen LogP contribution in [0.15, 0.2) is 11.9 Å². The molecule has 84 valence electrons. The van der Waals surface area contributed by atoms with Crippen molar-refractivity contribution in [3.05, 3.63) is 11.9 Å². The Bertz CT molecular complexity index is 134. The molecule has 0 aliphatic carbocycles. The van der Waals surface area contributed by atoms with Gasteiger partial charge in [0.05, 0.1) is 5.83 Å². The van der Waals surface area contributed by atoms with Gasteiger partial charge in [0, 0.05) is 0 Å². The normalized spacial score (nSPS) is 12.1. The summed E-state index contributed by atoms with van der Waals surface area (Å²) in [7, 11) is 0. The van der Waals surface area contributed by atoms with Gasteiger partial charge in [0.2, 0.25) is 0 Å². The number of hydrogen-bond acceptors (Lipinski definition) is 0. The van der Waals surface area contributed by atoms with Gasteiger partial charge < -0.3 is 0 Å². The van der Waals surface area contributed by atoms with Gasteiger partial charge in [0.1, 0.15) is 0 Å². The minimum absolute atomic E-state index is 0.0343. The molecule has 0 aliphatic heterocycles. The number of rotatable bonds is 9. The Labute approximate surface area is 88.6 Å². The van der Waals surface area contributed by atoms with Crippen molar-refractivity contribution < 1.29 is 4.39 Å². The molecule has 0 radical (unpaired) electrons. The van der Waals surface area contributed by atoms with Crippen LogP contribution in [0.4, 0.5) is 4.39 Å². The first kappa shape index (κ1) is 13.7. The number of halogens is 1. The van der Waals surface area contributed by atoms with Gasteiger partial charge in [-0.2, -0.15) is 0 Å². The van der Waals surface area contributed by atoms with Crippen LogP contribution in [0.5, 0.6) is 0 Å². The lowest BCUT2D eigenvalue weighted by Gasteiger charge is -1.99. The summed E-state index contributed by atoms with van der Waals surface area (Å²) < 4.78 is 12.3. The van der Waals surface area contributed by atoms with E-state index in [9.17, 15) is 4.39 Å². The summed E-state index contributed by atoms with van der Waals surface area (Å²) in [5.41, 5.74) is 0. The Morgan fingerprint density at radius 2 is 1.43 bits per heavy atom. The van der Waals surface area contributed by atoms with Crippen LogP contribution in [0.3, 0.4) is 0 Å². The van der Waals surface area contributed by atoms with Crippen LogP contribution in [0.1, 0.15) is 71.6 Å². The summed E-state index contributed by atoms with van der Waals surface area (Å²) in [6.45, 7) is 3.76. The molecule has 0 nitrogen and oxygen atoms in total. The molecule has 0 saturated heterocycles. The highest BCUT2D eigenvalue weighted by Gasteiger charge is 1.90. The van der Waals surface area contributed by atoms with E-state index in [4.69, 9.17) is 0 Å². The van der Waals surface area contributed by atoms with Crippen molar-refractivity contribution in [2.45, 2.75) is 71.6 Å². The maximum Gasteiger partial charge on any atom is 0.0928 e. The fraction of sp³-hybridized carbons (Fsp3) is 0.846. The standard InChI is InChI=1S/C13H25F/c1-3-4-5-6-7-8-9-10-11-12-13(2)14/h12H,3-11H2,1-2H3/b13-12-. The Morgan fingerprint density at radius 3 is 1.93 bits per heavy atom. The van der Waals surface area contributed by atoms with Crippen LogP contribution in [0.2, 0.25) is 0 Å². The van der Waals surface area contributed by atoms with Crippen molar-refractivity contribution in [1.82, 2.24) is 0 Å². The first-order valence-electron chi connectivity index (χ1n) is 6.09. The van der Waals surface area contributed by atoms with E-state index in [0.29, 0.717) is 0 Å². The summed E-state index contributed by atoms with van der Waals surface area (Å²) in [4.78, 5) is 0. The van der Waals surface area contributed by atoms with Gasteiger partial charge in [-0.1, -0.05) is 57.9 Å². The third-order valence-corrected chi connectivity index (χ3v) is 2.48. The molecule has 0 N–H and O–H groups in total. The van der Waals surface area contributed by atoms with E-state index in [-0.39, 0.29) is 5.83 Å². The van der Waals surface area contributed by atoms with Gasteiger partial charge in [-0.05, 0) is 19.8 Å². The molecule has 0 spiro atoms. The Hall–Kier alpha value is -0.330. The molecule has 0 heterocycles. The van der Waals surface area contributed by atoms with E-state index < -0.39 is 0 Å². The molecular weight excluding hydrogens is 175 g/mol. The Kier molecular flexibility index (Phi) is 10.5. The van der Waals surface area contributed by atoms with E-state index in [2.05, 4.69) is 6.92 Å². The van der Waals surface area contributed by atoms with Gasteiger partial charge in [0.15, 0.2) is 0 Å². The molecule has 14 heavy (non-hydrogen) atoms. The fourth-order valence-corrected chi connectivity index (χ4v) is 1.58. The van der Waals surface area contributed by atoms with E-state index in [0.717, 1.165) is 12.8 Å². The van der Waals surface area contributed by atoms with Crippen LogP contribution < -0.4 is 0 Å². The number of hydrogen-bond donors (Lipinski definition) is 0. The van der Waals surface area contributed by atoms with Crippen LogP contribution in [-0.4, -0.2) is 0 Å². The molecule has 0 aromatic rings. The van der Waals surface area contributed by atoms with Gasteiger partial charge in [-0.25, -0.2) is 4.39 Å². The van der Waals surface area contributed by atoms with Crippen LogP contribution in [0, 0.1) is 0 Å². The van der Waals surface area contributed by atoms with Crippen molar-refractivity contribution >= 4 is 0 Å². The Balaban J connectivity index is 2.96. The lowest BCUT2D eigenvalue weighted by Crippen LogP contribution is -1.80. The van der Waals surface area contributed by atoms with Gasteiger partial charge in [-0.3, -0.25) is 0 Å². The predicted octanol–water partition coefficient (Wildman–Crippen LogP) is 5.39. The average Bonchev–Trinajstić information content (AvgIpc) is 2.15. The highest BCUT2D eigenvalue weighted by molar-refractivity contribution is 4.85. The molecule has 0 aliphatic rings. The van der Waals surface area contributed by atoms with Gasteiger partial charge >= 0.3 is 0 Å². The zero-order valence-electron chi connectivity index (χ0n) is 9.82. The third-order valence-electron chi connectivity index (χ3n) is 2.48. The highest BCUT2D eigenvalue weighted by Crippen LogP contribution is 2.10. The first-order valence-corrected chi connectivity index (χ1v) is 6.09. The second kappa shape index (κ2) is 10.7. The molecule has 0 bridgehead atoms. The third kappa shape index (κ3) is 11.7.